The standard InChI is InChI=1S/C15H22N2O2/c1-19-10-9-17(8-7-16)15(18)14-6-5-12-3-2-4-13(12)11-14/h5-6,11H,2-4,7-10,16H2,1H3. The summed E-state index contributed by atoms with van der Waals surface area (Å²) in [7, 11) is 1.64. The number of amides is 1. The van der Waals surface area contributed by atoms with Crippen LogP contribution in [-0.4, -0.2) is 44.2 Å². The van der Waals surface area contributed by atoms with Crippen LogP contribution in [0.5, 0.6) is 0 Å². The average Bonchev–Trinajstić information content (AvgIpc) is 2.90. The molecule has 0 aromatic heterocycles. The van der Waals surface area contributed by atoms with E-state index in [4.69, 9.17) is 10.5 Å². The Morgan fingerprint density at radius 2 is 2.11 bits per heavy atom. The Labute approximate surface area is 114 Å². The molecule has 2 rings (SSSR count). The Morgan fingerprint density at radius 3 is 2.84 bits per heavy atom. The van der Waals surface area contributed by atoms with Gasteiger partial charge in [-0.25, -0.2) is 0 Å². The van der Waals surface area contributed by atoms with Crippen LogP contribution in [-0.2, 0) is 17.6 Å². The number of rotatable bonds is 6. The van der Waals surface area contributed by atoms with Gasteiger partial charge in [-0.3, -0.25) is 4.79 Å². The Hall–Kier alpha value is -1.39. The van der Waals surface area contributed by atoms with E-state index >= 15 is 0 Å². The molecule has 0 atom stereocenters. The molecular weight excluding hydrogens is 240 g/mol. The van der Waals surface area contributed by atoms with E-state index < -0.39 is 0 Å². The number of ether oxygens (including phenoxy) is 1. The molecule has 0 aliphatic heterocycles. The van der Waals surface area contributed by atoms with Gasteiger partial charge in [0.25, 0.3) is 5.91 Å². The first-order valence-corrected chi connectivity index (χ1v) is 6.86. The van der Waals surface area contributed by atoms with Crippen molar-refractivity contribution in [2.75, 3.05) is 33.4 Å². The third-order valence-electron chi connectivity index (χ3n) is 3.60. The van der Waals surface area contributed by atoms with E-state index in [0.717, 1.165) is 18.4 Å². The first kappa shape index (κ1) is 14.0. The predicted octanol–water partition coefficient (Wildman–Crippen LogP) is 1.22. The number of hydrogen-bond acceptors (Lipinski definition) is 3. The van der Waals surface area contributed by atoms with Crippen molar-refractivity contribution < 1.29 is 9.53 Å². The van der Waals surface area contributed by atoms with Gasteiger partial charge in [0.2, 0.25) is 0 Å². The molecule has 4 nitrogen and oxygen atoms in total. The SMILES string of the molecule is COCCN(CCN)C(=O)c1ccc2c(c1)CCC2. The van der Waals surface area contributed by atoms with Crippen LogP contribution in [0.25, 0.3) is 0 Å². The monoisotopic (exact) mass is 262 g/mol. The molecule has 1 aromatic rings. The molecule has 1 aliphatic rings. The number of carbonyl (C=O) groups is 1. The second-order valence-electron chi connectivity index (χ2n) is 4.91. The minimum Gasteiger partial charge on any atom is -0.383 e. The number of nitrogens with zero attached hydrogens (tertiary/aromatic N) is 1. The molecule has 4 heteroatoms. The van der Waals surface area contributed by atoms with Gasteiger partial charge in [-0.1, -0.05) is 6.07 Å². The van der Waals surface area contributed by atoms with E-state index in [1.165, 1.54) is 17.5 Å². The van der Waals surface area contributed by atoms with Crippen molar-refractivity contribution in [3.05, 3.63) is 34.9 Å². The zero-order valence-corrected chi connectivity index (χ0v) is 11.5. The number of carbonyl (C=O) groups excluding carboxylic acids is 1. The van der Waals surface area contributed by atoms with Crippen LogP contribution in [0, 0.1) is 0 Å². The normalized spacial score (nSPS) is 13.4. The Morgan fingerprint density at radius 1 is 1.32 bits per heavy atom. The van der Waals surface area contributed by atoms with Crippen molar-refractivity contribution in [2.45, 2.75) is 19.3 Å². The van der Waals surface area contributed by atoms with Crippen LogP contribution in [0.1, 0.15) is 27.9 Å². The molecule has 104 valence electrons. The third kappa shape index (κ3) is 3.33. The third-order valence-corrected chi connectivity index (χ3v) is 3.60. The lowest BCUT2D eigenvalue weighted by molar-refractivity contribution is 0.0701. The minimum atomic E-state index is 0.0530. The molecule has 2 N–H and O–H groups in total. The maximum atomic E-state index is 12.5. The van der Waals surface area contributed by atoms with Gasteiger partial charge in [-0.2, -0.15) is 0 Å². The highest BCUT2D eigenvalue weighted by Gasteiger charge is 2.18. The number of methoxy groups -OCH3 is 1. The fraction of sp³-hybridized carbons (Fsp3) is 0.533. The summed E-state index contributed by atoms with van der Waals surface area (Å²) in [5.41, 5.74) is 9.05. The zero-order chi connectivity index (χ0) is 13.7. The summed E-state index contributed by atoms with van der Waals surface area (Å²) in [5, 5.41) is 0. The maximum Gasteiger partial charge on any atom is 0.253 e. The molecule has 0 saturated carbocycles. The molecule has 1 amide bonds. The highest BCUT2D eigenvalue weighted by molar-refractivity contribution is 5.94. The van der Waals surface area contributed by atoms with E-state index in [1.54, 1.807) is 12.0 Å². The lowest BCUT2D eigenvalue weighted by Gasteiger charge is -2.22. The first-order chi connectivity index (χ1) is 9.26. The largest absolute Gasteiger partial charge is 0.383 e. The molecule has 1 aromatic carbocycles. The molecule has 0 fully saturated rings. The summed E-state index contributed by atoms with van der Waals surface area (Å²) in [6, 6.07) is 6.07. The quantitative estimate of drug-likeness (QED) is 0.838. The lowest BCUT2D eigenvalue weighted by atomic mass is 10.1. The maximum absolute atomic E-state index is 12.5. The number of fused-ring (bicyclic) bond motifs is 1. The van der Waals surface area contributed by atoms with E-state index in [2.05, 4.69) is 6.07 Å². The second-order valence-corrected chi connectivity index (χ2v) is 4.91. The van der Waals surface area contributed by atoms with Gasteiger partial charge < -0.3 is 15.4 Å². The Kier molecular flexibility index (Phi) is 4.93. The van der Waals surface area contributed by atoms with Crippen LogP contribution in [0.3, 0.4) is 0 Å². The Bertz CT molecular complexity index is 446. The summed E-state index contributed by atoms with van der Waals surface area (Å²) >= 11 is 0. The van der Waals surface area contributed by atoms with Gasteiger partial charge in [0.1, 0.15) is 0 Å². The van der Waals surface area contributed by atoms with Crippen molar-refractivity contribution in [2.24, 2.45) is 5.73 Å². The number of benzene rings is 1. The molecule has 0 saturated heterocycles. The summed E-state index contributed by atoms with van der Waals surface area (Å²) in [6.45, 7) is 2.17. The number of nitrogens with two attached hydrogens (primary N) is 1. The van der Waals surface area contributed by atoms with Crippen molar-refractivity contribution in [3.63, 3.8) is 0 Å². The molecule has 0 spiro atoms. The summed E-state index contributed by atoms with van der Waals surface area (Å²) in [5.74, 6) is 0.0530. The summed E-state index contributed by atoms with van der Waals surface area (Å²) < 4.78 is 5.04. The van der Waals surface area contributed by atoms with Crippen LogP contribution >= 0.6 is 0 Å². The lowest BCUT2D eigenvalue weighted by Crippen LogP contribution is -2.37. The van der Waals surface area contributed by atoms with Crippen molar-refractivity contribution in [1.82, 2.24) is 4.90 Å². The summed E-state index contributed by atoms with van der Waals surface area (Å²) in [6.07, 6.45) is 3.43. The van der Waals surface area contributed by atoms with E-state index in [0.29, 0.717) is 26.2 Å². The molecule has 0 heterocycles. The smallest absolute Gasteiger partial charge is 0.253 e. The predicted molar refractivity (Wildman–Crippen MR) is 75.3 cm³/mol. The molecule has 0 radical (unpaired) electrons. The van der Waals surface area contributed by atoms with Gasteiger partial charge >= 0.3 is 0 Å². The van der Waals surface area contributed by atoms with Gasteiger partial charge in [0, 0.05) is 32.3 Å². The highest BCUT2D eigenvalue weighted by atomic mass is 16.5. The fourth-order valence-electron chi connectivity index (χ4n) is 2.56. The number of aryl methyl sites for hydroxylation is 2. The molecule has 0 unspecified atom stereocenters. The fourth-order valence-corrected chi connectivity index (χ4v) is 2.56. The van der Waals surface area contributed by atoms with Gasteiger partial charge in [0.15, 0.2) is 0 Å². The first-order valence-electron chi connectivity index (χ1n) is 6.86. The average molecular weight is 262 g/mol. The van der Waals surface area contributed by atoms with Crippen molar-refractivity contribution in [3.8, 4) is 0 Å². The molecule has 1 aliphatic carbocycles. The van der Waals surface area contributed by atoms with Crippen LogP contribution in [0.2, 0.25) is 0 Å². The van der Waals surface area contributed by atoms with Crippen LogP contribution in [0.4, 0.5) is 0 Å². The van der Waals surface area contributed by atoms with E-state index in [9.17, 15) is 4.79 Å². The van der Waals surface area contributed by atoms with Crippen molar-refractivity contribution in [1.29, 1.82) is 0 Å². The van der Waals surface area contributed by atoms with Crippen LogP contribution in [0.15, 0.2) is 18.2 Å². The van der Waals surface area contributed by atoms with Crippen molar-refractivity contribution >= 4 is 5.91 Å². The Balaban J connectivity index is 2.11. The second kappa shape index (κ2) is 6.68. The highest BCUT2D eigenvalue weighted by Crippen LogP contribution is 2.23. The van der Waals surface area contributed by atoms with E-state index in [1.807, 2.05) is 12.1 Å². The zero-order valence-electron chi connectivity index (χ0n) is 11.5. The van der Waals surface area contributed by atoms with Gasteiger partial charge in [-0.15, -0.1) is 0 Å². The molecule has 0 bridgehead atoms. The summed E-state index contributed by atoms with van der Waals surface area (Å²) in [4.78, 5) is 14.2. The minimum absolute atomic E-state index is 0.0530. The topological polar surface area (TPSA) is 55.6 Å². The number of hydrogen-bond donors (Lipinski definition) is 1. The van der Waals surface area contributed by atoms with Gasteiger partial charge in [0.05, 0.1) is 6.61 Å². The molecule has 19 heavy (non-hydrogen) atoms. The van der Waals surface area contributed by atoms with Gasteiger partial charge in [-0.05, 0) is 42.5 Å². The molecular formula is C15H22N2O2. The van der Waals surface area contributed by atoms with E-state index in [-0.39, 0.29) is 5.91 Å². The van der Waals surface area contributed by atoms with Crippen LogP contribution < -0.4 is 5.73 Å².